The molecule has 0 radical (unpaired) electrons. The Hall–Kier alpha value is -0.810. The van der Waals surface area contributed by atoms with E-state index in [-0.39, 0.29) is 0 Å². The van der Waals surface area contributed by atoms with Crippen molar-refractivity contribution in [3.63, 3.8) is 0 Å². The van der Waals surface area contributed by atoms with Gasteiger partial charge in [0.15, 0.2) is 5.96 Å². The van der Waals surface area contributed by atoms with E-state index in [0.29, 0.717) is 6.10 Å². The molecule has 2 rings (SSSR count). The molecule has 140 valence electrons. The molecule has 2 aliphatic rings. The van der Waals surface area contributed by atoms with Gasteiger partial charge in [-0.05, 0) is 64.6 Å². The largest absolute Gasteiger partial charge is 0.378 e. The normalized spacial score (nSPS) is 20.5. The number of nitrogens with zero attached hydrogens (tertiary/aromatic N) is 2. The van der Waals surface area contributed by atoms with Crippen LogP contribution in [0.4, 0.5) is 0 Å². The molecule has 2 N–H and O–H groups in total. The number of likely N-dealkylation sites (tertiary alicyclic amines) is 1. The van der Waals surface area contributed by atoms with Gasteiger partial charge < -0.3 is 20.3 Å². The van der Waals surface area contributed by atoms with Crippen molar-refractivity contribution in [1.29, 1.82) is 0 Å². The second kappa shape index (κ2) is 12.5. The zero-order valence-electron chi connectivity index (χ0n) is 15.7. The number of hydrogen-bond donors (Lipinski definition) is 2. The molecule has 0 spiro atoms. The van der Waals surface area contributed by atoms with Crippen molar-refractivity contribution < 1.29 is 4.74 Å². The lowest BCUT2D eigenvalue weighted by Crippen LogP contribution is -2.38. The fraction of sp³-hybridized carbons (Fsp3) is 0.947. The van der Waals surface area contributed by atoms with Crippen molar-refractivity contribution in [2.24, 2.45) is 4.99 Å². The molecule has 1 heterocycles. The number of unbranched alkanes of at least 4 members (excludes halogenated alkanes) is 1. The Morgan fingerprint density at radius 1 is 0.958 bits per heavy atom. The molecule has 24 heavy (non-hydrogen) atoms. The summed E-state index contributed by atoms with van der Waals surface area (Å²) in [5.74, 6) is 0.925. The molecule has 0 aromatic rings. The second-order valence-electron chi connectivity index (χ2n) is 7.17. The van der Waals surface area contributed by atoms with Crippen molar-refractivity contribution in [3.8, 4) is 0 Å². The average molecular weight is 339 g/mol. The van der Waals surface area contributed by atoms with Gasteiger partial charge in [0.1, 0.15) is 0 Å². The highest BCUT2D eigenvalue weighted by Crippen LogP contribution is 2.20. The average Bonchev–Trinajstić information content (AvgIpc) is 3.14. The number of guanidine groups is 1. The number of hydrogen-bond acceptors (Lipinski definition) is 3. The minimum absolute atomic E-state index is 0.520. The number of aliphatic imine (C=N–C) groups is 1. The minimum atomic E-state index is 0.520. The Labute approximate surface area is 148 Å². The lowest BCUT2D eigenvalue weighted by atomic mass is 9.98. The first-order valence-corrected chi connectivity index (χ1v) is 10.2. The minimum Gasteiger partial charge on any atom is -0.378 e. The van der Waals surface area contributed by atoms with Gasteiger partial charge in [0.25, 0.3) is 0 Å². The van der Waals surface area contributed by atoms with Gasteiger partial charge in [-0.3, -0.25) is 4.99 Å². The van der Waals surface area contributed by atoms with E-state index in [1.807, 2.05) is 7.05 Å². The summed E-state index contributed by atoms with van der Waals surface area (Å²) >= 11 is 0. The lowest BCUT2D eigenvalue weighted by molar-refractivity contribution is 0.0277. The smallest absolute Gasteiger partial charge is 0.190 e. The summed E-state index contributed by atoms with van der Waals surface area (Å²) in [5.41, 5.74) is 0. The van der Waals surface area contributed by atoms with Crippen LogP contribution >= 0.6 is 0 Å². The summed E-state index contributed by atoms with van der Waals surface area (Å²) < 4.78 is 5.96. The maximum atomic E-state index is 5.96. The topological polar surface area (TPSA) is 48.9 Å². The monoisotopic (exact) mass is 338 g/mol. The van der Waals surface area contributed by atoms with Crippen LogP contribution < -0.4 is 10.6 Å². The van der Waals surface area contributed by atoms with Crippen LogP contribution in [0.25, 0.3) is 0 Å². The zero-order valence-corrected chi connectivity index (χ0v) is 15.7. The van der Waals surface area contributed by atoms with Crippen molar-refractivity contribution in [1.82, 2.24) is 15.5 Å². The SMILES string of the molecule is CN=C(NCCCCN1CCCC1)NCCCOC1CCCCC1. The van der Waals surface area contributed by atoms with Gasteiger partial charge in [-0.2, -0.15) is 0 Å². The van der Waals surface area contributed by atoms with Crippen molar-refractivity contribution >= 4 is 5.96 Å². The fourth-order valence-corrected chi connectivity index (χ4v) is 3.65. The number of nitrogens with one attached hydrogen (secondary N) is 2. The Balaban J connectivity index is 1.40. The Kier molecular flexibility index (Phi) is 10.2. The molecule has 5 heteroatoms. The predicted octanol–water partition coefficient (Wildman–Crippen LogP) is 2.77. The third-order valence-corrected chi connectivity index (χ3v) is 5.14. The summed E-state index contributed by atoms with van der Waals surface area (Å²) in [6.45, 7) is 6.67. The van der Waals surface area contributed by atoms with Crippen LogP contribution in [0.2, 0.25) is 0 Å². The standard InChI is InChI=1S/C19H38N4O/c1-20-19(21-12-5-6-14-23-15-7-8-16-23)22-13-9-17-24-18-10-3-2-4-11-18/h18H,2-17H2,1H3,(H2,20,21,22). The molecule has 0 amide bonds. The van der Waals surface area contributed by atoms with E-state index in [9.17, 15) is 0 Å². The van der Waals surface area contributed by atoms with Crippen LogP contribution in [-0.4, -0.2) is 63.3 Å². The second-order valence-corrected chi connectivity index (χ2v) is 7.17. The molecular formula is C19H38N4O. The fourth-order valence-electron chi connectivity index (χ4n) is 3.65. The summed E-state index contributed by atoms with van der Waals surface area (Å²) in [6.07, 6.45) is 13.4. The maximum Gasteiger partial charge on any atom is 0.190 e. The number of ether oxygens (including phenoxy) is 1. The predicted molar refractivity (Wildman–Crippen MR) is 102 cm³/mol. The molecule has 0 bridgehead atoms. The van der Waals surface area contributed by atoms with Gasteiger partial charge in [0.2, 0.25) is 0 Å². The highest BCUT2D eigenvalue weighted by atomic mass is 16.5. The molecule has 0 unspecified atom stereocenters. The van der Waals surface area contributed by atoms with E-state index in [2.05, 4.69) is 20.5 Å². The molecule has 1 saturated heterocycles. The van der Waals surface area contributed by atoms with Crippen LogP contribution in [0.5, 0.6) is 0 Å². The van der Waals surface area contributed by atoms with Crippen LogP contribution in [0.15, 0.2) is 4.99 Å². The molecule has 1 saturated carbocycles. The van der Waals surface area contributed by atoms with Gasteiger partial charge in [-0.25, -0.2) is 0 Å². The third kappa shape index (κ3) is 8.34. The van der Waals surface area contributed by atoms with Gasteiger partial charge >= 0.3 is 0 Å². The Morgan fingerprint density at radius 3 is 2.38 bits per heavy atom. The summed E-state index contributed by atoms with van der Waals surface area (Å²) in [7, 11) is 1.85. The van der Waals surface area contributed by atoms with E-state index in [4.69, 9.17) is 4.74 Å². The molecular weight excluding hydrogens is 300 g/mol. The van der Waals surface area contributed by atoms with Crippen molar-refractivity contribution in [2.75, 3.05) is 46.4 Å². The molecule has 1 aliphatic heterocycles. The van der Waals surface area contributed by atoms with Crippen LogP contribution in [-0.2, 0) is 4.74 Å². The molecule has 0 atom stereocenters. The van der Waals surface area contributed by atoms with Crippen LogP contribution in [0.3, 0.4) is 0 Å². The highest BCUT2D eigenvalue weighted by molar-refractivity contribution is 5.79. The van der Waals surface area contributed by atoms with Crippen molar-refractivity contribution in [2.45, 2.75) is 70.3 Å². The first-order chi connectivity index (χ1) is 11.9. The van der Waals surface area contributed by atoms with Crippen molar-refractivity contribution in [3.05, 3.63) is 0 Å². The molecule has 1 aliphatic carbocycles. The van der Waals surface area contributed by atoms with Crippen LogP contribution in [0.1, 0.15) is 64.2 Å². The lowest BCUT2D eigenvalue weighted by Gasteiger charge is -2.22. The van der Waals surface area contributed by atoms with Gasteiger partial charge in [0, 0.05) is 26.7 Å². The van der Waals surface area contributed by atoms with Crippen LogP contribution in [0, 0.1) is 0 Å². The zero-order chi connectivity index (χ0) is 16.9. The summed E-state index contributed by atoms with van der Waals surface area (Å²) in [4.78, 5) is 6.88. The summed E-state index contributed by atoms with van der Waals surface area (Å²) in [6, 6.07) is 0. The van der Waals surface area contributed by atoms with Gasteiger partial charge in [-0.15, -0.1) is 0 Å². The molecule has 5 nitrogen and oxygen atoms in total. The van der Waals surface area contributed by atoms with Gasteiger partial charge in [0.05, 0.1) is 6.10 Å². The number of rotatable bonds is 10. The Bertz CT molecular complexity index is 336. The van der Waals surface area contributed by atoms with Gasteiger partial charge in [-0.1, -0.05) is 19.3 Å². The van der Waals surface area contributed by atoms with E-state index in [1.54, 1.807) is 0 Å². The first-order valence-electron chi connectivity index (χ1n) is 10.2. The molecule has 0 aromatic heterocycles. The Morgan fingerprint density at radius 2 is 1.67 bits per heavy atom. The van der Waals surface area contributed by atoms with E-state index >= 15 is 0 Å². The highest BCUT2D eigenvalue weighted by Gasteiger charge is 2.13. The quantitative estimate of drug-likeness (QED) is 0.365. The molecule has 0 aromatic carbocycles. The van der Waals surface area contributed by atoms with E-state index < -0.39 is 0 Å². The molecule has 2 fully saturated rings. The first kappa shape index (κ1) is 19.5. The maximum absolute atomic E-state index is 5.96. The summed E-state index contributed by atoms with van der Waals surface area (Å²) in [5, 5.41) is 6.80. The van der Waals surface area contributed by atoms with E-state index in [0.717, 1.165) is 32.1 Å². The van der Waals surface area contributed by atoms with E-state index in [1.165, 1.54) is 77.4 Å². The third-order valence-electron chi connectivity index (χ3n) is 5.14.